The van der Waals surface area contributed by atoms with Crippen molar-refractivity contribution in [3.63, 3.8) is 0 Å². The van der Waals surface area contributed by atoms with Crippen LogP contribution in [0, 0.1) is 0 Å². The molecule has 1 rings (SSSR count). The highest BCUT2D eigenvalue weighted by Gasteiger charge is 2.28. The number of aromatic amines is 1. The Kier molecular flexibility index (Phi) is 11.9. The normalized spacial score (nSPS) is 14.4. The van der Waals surface area contributed by atoms with Crippen molar-refractivity contribution in [3.8, 4) is 0 Å². The summed E-state index contributed by atoms with van der Waals surface area (Å²) in [6.07, 6.45) is 4.44. The third-order valence-corrected chi connectivity index (χ3v) is 5.24. The van der Waals surface area contributed by atoms with E-state index in [2.05, 4.69) is 25.9 Å². The van der Waals surface area contributed by atoms with Crippen molar-refractivity contribution in [1.82, 2.24) is 25.9 Å². The Morgan fingerprint density at radius 1 is 1.06 bits per heavy atom. The highest BCUT2D eigenvalue weighted by molar-refractivity contribution is 7.98. The van der Waals surface area contributed by atoms with E-state index in [0.717, 1.165) is 0 Å². The summed E-state index contributed by atoms with van der Waals surface area (Å²) in [5.41, 5.74) is 6.23. The van der Waals surface area contributed by atoms with Crippen LogP contribution in [0.3, 0.4) is 0 Å². The zero-order valence-corrected chi connectivity index (χ0v) is 19.2. The second-order valence-electron chi connectivity index (χ2n) is 7.29. The van der Waals surface area contributed by atoms with Gasteiger partial charge in [0.25, 0.3) is 0 Å². The van der Waals surface area contributed by atoms with Gasteiger partial charge in [0.1, 0.15) is 18.1 Å². The molecule has 184 valence electrons. The number of carbonyl (C=O) groups is 5. The van der Waals surface area contributed by atoms with Gasteiger partial charge in [0.15, 0.2) is 0 Å². The lowest BCUT2D eigenvalue weighted by Gasteiger charge is -2.23. The number of hydrogen-bond donors (Lipinski definition) is 7. The number of nitrogens with two attached hydrogens (primary N) is 1. The summed E-state index contributed by atoms with van der Waals surface area (Å²) in [6.45, 7) is 1.38. The molecule has 0 bridgehead atoms. The number of aromatic nitrogens is 2. The van der Waals surface area contributed by atoms with Crippen molar-refractivity contribution in [2.45, 2.75) is 56.8 Å². The maximum absolute atomic E-state index is 12.8. The van der Waals surface area contributed by atoms with Crippen LogP contribution in [-0.2, 0) is 30.4 Å². The number of nitrogens with zero attached hydrogens (tertiary/aromatic N) is 1. The Labute approximate surface area is 194 Å². The summed E-state index contributed by atoms with van der Waals surface area (Å²) in [5, 5.41) is 25.3. The van der Waals surface area contributed by atoms with E-state index in [1.165, 1.54) is 31.2 Å². The molecule has 1 heterocycles. The third kappa shape index (κ3) is 10.4. The summed E-state index contributed by atoms with van der Waals surface area (Å²) < 4.78 is 0. The first-order valence-electron chi connectivity index (χ1n) is 10.1. The molecule has 0 saturated heterocycles. The van der Waals surface area contributed by atoms with Crippen LogP contribution < -0.4 is 21.7 Å². The number of carboxylic acids is 2. The predicted octanol–water partition coefficient (Wildman–Crippen LogP) is -1.54. The first kappa shape index (κ1) is 27.9. The lowest BCUT2D eigenvalue weighted by Crippen LogP contribution is -2.57. The molecular formula is C19H30N6O7S. The van der Waals surface area contributed by atoms with E-state index in [4.69, 9.17) is 10.8 Å². The summed E-state index contributed by atoms with van der Waals surface area (Å²) in [5.74, 6) is -3.89. The molecule has 0 aromatic carbocycles. The molecule has 0 spiro atoms. The Hall–Kier alpha value is -3.13. The van der Waals surface area contributed by atoms with E-state index >= 15 is 0 Å². The molecule has 0 aliphatic heterocycles. The van der Waals surface area contributed by atoms with Crippen molar-refractivity contribution in [1.29, 1.82) is 0 Å². The Balaban J connectivity index is 2.81. The van der Waals surface area contributed by atoms with Crippen LogP contribution >= 0.6 is 11.8 Å². The molecular weight excluding hydrogens is 456 g/mol. The monoisotopic (exact) mass is 486 g/mol. The minimum absolute atomic E-state index is 0.00301. The molecule has 3 amide bonds. The minimum atomic E-state index is -1.18. The second-order valence-corrected chi connectivity index (χ2v) is 8.28. The van der Waals surface area contributed by atoms with Crippen LogP contribution in [0.15, 0.2) is 12.5 Å². The number of rotatable bonds is 15. The van der Waals surface area contributed by atoms with Crippen molar-refractivity contribution in [2.24, 2.45) is 5.73 Å². The van der Waals surface area contributed by atoms with Gasteiger partial charge in [0.05, 0.1) is 12.4 Å². The number of carbonyl (C=O) groups excluding carboxylic acids is 3. The van der Waals surface area contributed by atoms with Crippen molar-refractivity contribution in [3.05, 3.63) is 18.2 Å². The Bertz CT molecular complexity index is 820. The highest BCUT2D eigenvalue weighted by atomic mass is 32.2. The van der Waals surface area contributed by atoms with Gasteiger partial charge in [0, 0.05) is 24.7 Å². The molecule has 0 fully saturated rings. The lowest BCUT2D eigenvalue weighted by atomic mass is 10.1. The van der Waals surface area contributed by atoms with E-state index in [-0.39, 0.29) is 25.7 Å². The first-order chi connectivity index (χ1) is 15.5. The smallest absolute Gasteiger partial charge is 0.326 e. The molecule has 4 unspecified atom stereocenters. The topological polar surface area (TPSA) is 217 Å². The lowest BCUT2D eigenvalue weighted by molar-refractivity contribution is -0.142. The number of nitrogens with one attached hydrogen (secondary N) is 4. The van der Waals surface area contributed by atoms with Gasteiger partial charge in [-0.05, 0) is 31.8 Å². The maximum Gasteiger partial charge on any atom is 0.326 e. The van der Waals surface area contributed by atoms with Crippen LogP contribution in [0.5, 0.6) is 0 Å². The molecule has 0 radical (unpaired) electrons. The first-order valence-corrected chi connectivity index (χ1v) is 11.5. The molecule has 13 nitrogen and oxygen atoms in total. The fraction of sp³-hybridized carbons (Fsp3) is 0.579. The molecule has 0 saturated carbocycles. The number of amides is 3. The molecule has 0 aliphatic rings. The van der Waals surface area contributed by atoms with E-state index < -0.39 is 53.8 Å². The third-order valence-electron chi connectivity index (χ3n) is 4.60. The van der Waals surface area contributed by atoms with Crippen LogP contribution in [0.2, 0.25) is 0 Å². The fourth-order valence-corrected chi connectivity index (χ4v) is 3.16. The van der Waals surface area contributed by atoms with Crippen molar-refractivity contribution < 1.29 is 34.2 Å². The molecule has 1 aromatic heterocycles. The number of hydrogen-bond acceptors (Lipinski definition) is 8. The molecule has 14 heteroatoms. The predicted molar refractivity (Wildman–Crippen MR) is 119 cm³/mol. The summed E-state index contributed by atoms with van der Waals surface area (Å²) >= 11 is 1.44. The highest BCUT2D eigenvalue weighted by Crippen LogP contribution is 2.04. The van der Waals surface area contributed by atoms with Gasteiger partial charge in [-0.1, -0.05) is 0 Å². The van der Waals surface area contributed by atoms with Gasteiger partial charge in [-0.2, -0.15) is 11.8 Å². The van der Waals surface area contributed by atoms with E-state index in [1.807, 2.05) is 6.26 Å². The number of carboxylic acid groups (broad SMARTS) is 2. The maximum atomic E-state index is 12.8. The van der Waals surface area contributed by atoms with Gasteiger partial charge < -0.3 is 36.9 Å². The van der Waals surface area contributed by atoms with Crippen LogP contribution in [0.1, 0.15) is 31.9 Å². The average Bonchev–Trinajstić information content (AvgIpc) is 3.26. The molecule has 1 aromatic rings. The zero-order valence-electron chi connectivity index (χ0n) is 18.4. The number of H-pyrrole nitrogens is 1. The largest absolute Gasteiger partial charge is 0.481 e. The van der Waals surface area contributed by atoms with E-state index in [1.54, 1.807) is 0 Å². The Morgan fingerprint density at radius 2 is 1.73 bits per heavy atom. The van der Waals surface area contributed by atoms with Gasteiger partial charge in [-0.3, -0.25) is 19.2 Å². The standard InChI is InChI=1S/C19H30N6O7S/c1-10(16(28)24-13(19(31)32)5-6-33-2)23-18(30)14(7-11-8-21-9-22-11)25-17(29)12(20)3-4-15(26)27/h8-10,12-14H,3-7,20H2,1-2H3,(H,21,22)(H,23,30)(H,24,28)(H,25,29)(H,26,27)(H,31,32). The SMILES string of the molecule is CSCCC(NC(=O)C(C)NC(=O)C(Cc1cnc[nH]1)NC(=O)C(N)CCC(=O)O)C(=O)O. The molecule has 4 atom stereocenters. The summed E-state index contributed by atoms with van der Waals surface area (Å²) in [4.78, 5) is 66.2. The number of thioether (sulfide) groups is 1. The van der Waals surface area contributed by atoms with Crippen LogP contribution in [0.25, 0.3) is 0 Å². The number of aliphatic carboxylic acids is 2. The van der Waals surface area contributed by atoms with Gasteiger partial charge in [-0.15, -0.1) is 0 Å². The molecule has 0 aliphatic carbocycles. The quantitative estimate of drug-likeness (QED) is 0.151. The van der Waals surface area contributed by atoms with Gasteiger partial charge >= 0.3 is 11.9 Å². The van der Waals surface area contributed by atoms with Crippen molar-refractivity contribution in [2.75, 3.05) is 12.0 Å². The summed E-state index contributed by atoms with van der Waals surface area (Å²) in [7, 11) is 0. The van der Waals surface area contributed by atoms with Crippen LogP contribution in [0.4, 0.5) is 0 Å². The molecule has 33 heavy (non-hydrogen) atoms. The van der Waals surface area contributed by atoms with Crippen LogP contribution in [-0.4, -0.2) is 86.0 Å². The number of imidazole rings is 1. The van der Waals surface area contributed by atoms with Gasteiger partial charge in [-0.25, -0.2) is 9.78 Å². The average molecular weight is 487 g/mol. The van der Waals surface area contributed by atoms with E-state index in [0.29, 0.717) is 11.4 Å². The molecule has 8 N–H and O–H groups in total. The second kappa shape index (κ2) is 14.1. The summed E-state index contributed by atoms with van der Waals surface area (Å²) in [6, 6.07) is -4.48. The van der Waals surface area contributed by atoms with E-state index in [9.17, 15) is 29.1 Å². The zero-order chi connectivity index (χ0) is 25.0. The fourth-order valence-electron chi connectivity index (χ4n) is 2.68. The Morgan fingerprint density at radius 3 is 2.27 bits per heavy atom. The van der Waals surface area contributed by atoms with Gasteiger partial charge in [0.2, 0.25) is 17.7 Å². The minimum Gasteiger partial charge on any atom is -0.481 e. The van der Waals surface area contributed by atoms with Crippen molar-refractivity contribution >= 4 is 41.4 Å².